The molecule has 1 aromatic carbocycles. The van der Waals surface area contributed by atoms with Crippen molar-refractivity contribution in [3.05, 3.63) is 29.3 Å². The second kappa shape index (κ2) is 7.01. The molecule has 0 spiro atoms. The van der Waals surface area contributed by atoms with Crippen LogP contribution in [0.5, 0.6) is 5.75 Å². The second-order valence-corrected chi connectivity index (χ2v) is 4.47. The summed E-state index contributed by atoms with van der Waals surface area (Å²) in [6.45, 7) is 4.49. The van der Waals surface area contributed by atoms with Gasteiger partial charge in [-0.05, 0) is 36.6 Å². The fourth-order valence-corrected chi connectivity index (χ4v) is 1.81. The van der Waals surface area contributed by atoms with Gasteiger partial charge in [0.25, 0.3) is 0 Å². The summed E-state index contributed by atoms with van der Waals surface area (Å²) in [7, 11) is 1.63. The molecule has 1 amide bonds. The third-order valence-corrected chi connectivity index (χ3v) is 2.75. The highest BCUT2D eigenvalue weighted by atomic mass is 16.5. The van der Waals surface area contributed by atoms with Gasteiger partial charge in [-0.3, -0.25) is 4.79 Å². The van der Waals surface area contributed by atoms with Crippen LogP contribution in [0.3, 0.4) is 0 Å². The minimum Gasteiger partial charge on any atom is -0.497 e. The Kier molecular flexibility index (Phi) is 5.65. The number of aryl methyl sites for hydroxylation is 1. The molecule has 1 unspecified atom stereocenters. The standard InChI is InChI=1S/C14H22N2O2/c1-4-5-13(15)14(17)16-9-11-6-10(2)7-12(8-11)18-3/h6-8,13H,4-5,9,15H2,1-3H3,(H,16,17). The summed E-state index contributed by atoms with van der Waals surface area (Å²) in [5, 5.41) is 2.84. The summed E-state index contributed by atoms with van der Waals surface area (Å²) in [5.74, 6) is 0.703. The first-order valence-electron chi connectivity index (χ1n) is 6.24. The Bertz CT molecular complexity index is 405. The number of ether oxygens (including phenoxy) is 1. The number of hydrogen-bond acceptors (Lipinski definition) is 3. The van der Waals surface area contributed by atoms with Crippen molar-refractivity contribution in [3.63, 3.8) is 0 Å². The van der Waals surface area contributed by atoms with Crippen LogP contribution >= 0.6 is 0 Å². The summed E-state index contributed by atoms with van der Waals surface area (Å²) in [6, 6.07) is 5.47. The molecule has 0 fully saturated rings. The highest BCUT2D eigenvalue weighted by Gasteiger charge is 2.11. The van der Waals surface area contributed by atoms with Crippen molar-refractivity contribution in [2.75, 3.05) is 7.11 Å². The third-order valence-electron chi connectivity index (χ3n) is 2.75. The number of rotatable bonds is 6. The zero-order chi connectivity index (χ0) is 13.5. The van der Waals surface area contributed by atoms with Crippen molar-refractivity contribution < 1.29 is 9.53 Å². The minimum atomic E-state index is -0.415. The van der Waals surface area contributed by atoms with Crippen LogP contribution in [0.2, 0.25) is 0 Å². The third kappa shape index (κ3) is 4.37. The van der Waals surface area contributed by atoms with Gasteiger partial charge < -0.3 is 15.8 Å². The molecule has 1 aromatic rings. The maximum Gasteiger partial charge on any atom is 0.237 e. The van der Waals surface area contributed by atoms with Crippen LogP contribution in [0.4, 0.5) is 0 Å². The van der Waals surface area contributed by atoms with Crippen LogP contribution in [-0.2, 0) is 11.3 Å². The summed E-state index contributed by atoms with van der Waals surface area (Å²) in [4.78, 5) is 11.7. The molecule has 0 saturated carbocycles. The summed E-state index contributed by atoms with van der Waals surface area (Å²) in [5.41, 5.74) is 7.87. The Morgan fingerprint density at radius 2 is 2.17 bits per heavy atom. The second-order valence-electron chi connectivity index (χ2n) is 4.47. The maximum absolute atomic E-state index is 11.7. The molecule has 3 N–H and O–H groups in total. The van der Waals surface area contributed by atoms with Gasteiger partial charge in [-0.15, -0.1) is 0 Å². The Balaban J connectivity index is 2.57. The lowest BCUT2D eigenvalue weighted by atomic mass is 10.1. The van der Waals surface area contributed by atoms with E-state index >= 15 is 0 Å². The van der Waals surface area contributed by atoms with Crippen molar-refractivity contribution >= 4 is 5.91 Å². The van der Waals surface area contributed by atoms with Gasteiger partial charge in [0.2, 0.25) is 5.91 Å². The summed E-state index contributed by atoms with van der Waals surface area (Å²) >= 11 is 0. The minimum absolute atomic E-state index is 0.0997. The zero-order valence-electron chi connectivity index (χ0n) is 11.3. The first kappa shape index (κ1) is 14.5. The number of hydrogen-bond donors (Lipinski definition) is 2. The van der Waals surface area contributed by atoms with E-state index in [0.29, 0.717) is 13.0 Å². The average molecular weight is 250 g/mol. The first-order valence-corrected chi connectivity index (χ1v) is 6.24. The van der Waals surface area contributed by atoms with Gasteiger partial charge in [0, 0.05) is 6.54 Å². The number of nitrogens with one attached hydrogen (secondary N) is 1. The van der Waals surface area contributed by atoms with Crippen molar-refractivity contribution in [1.29, 1.82) is 0 Å². The maximum atomic E-state index is 11.7. The number of nitrogens with two attached hydrogens (primary N) is 1. The van der Waals surface area contributed by atoms with E-state index in [4.69, 9.17) is 10.5 Å². The van der Waals surface area contributed by atoms with Gasteiger partial charge >= 0.3 is 0 Å². The topological polar surface area (TPSA) is 64.4 Å². The van der Waals surface area contributed by atoms with Crippen LogP contribution in [0, 0.1) is 6.92 Å². The van der Waals surface area contributed by atoms with Crippen molar-refractivity contribution in [3.8, 4) is 5.75 Å². The number of benzene rings is 1. The molecule has 0 saturated heterocycles. The molecule has 0 aliphatic heterocycles. The van der Waals surface area contributed by atoms with Crippen LogP contribution < -0.4 is 15.8 Å². The van der Waals surface area contributed by atoms with E-state index in [2.05, 4.69) is 5.32 Å². The SMILES string of the molecule is CCCC(N)C(=O)NCc1cc(C)cc(OC)c1. The van der Waals surface area contributed by atoms with E-state index in [-0.39, 0.29) is 5.91 Å². The highest BCUT2D eigenvalue weighted by Crippen LogP contribution is 2.16. The molecule has 0 aliphatic rings. The number of methoxy groups -OCH3 is 1. The Morgan fingerprint density at radius 3 is 2.78 bits per heavy atom. The number of carbonyl (C=O) groups is 1. The largest absolute Gasteiger partial charge is 0.497 e. The Labute approximate surface area is 109 Å². The quantitative estimate of drug-likeness (QED) is 0.808. The van der Waals surface area contributed by atoms with E-state index in [1.165, 1.54) is 0 Å². The summed E-state index contributed by atoms with van der Waals surface area (Å²) < 4.78 is 5.19. The van der Waals surface area contributed by atoms with Gasteiger partial charge in [-0.25, -0.2) is 0 Å². The molecule has 4 heteroatoms. The number of amides is 1. The molecule has 0 bridgehead atoms. The van der Waals surface area contributed by atoms with E-state index < -0.39 is 6.04 Å². The molecular formula is C14H22N2O2. The van der Waals surface area contributed by atoms with E-state index in [1.807, 2.05) is 32.0 Å². The summed E-state index contributed by atoms with van der Waals surface area (Å²) in [6.07, 6.45) is 1.62. The van der Waals surface area contributed by atoms with Crippen LogP contribution in [0.1, 0.15) is 30.9 Å². The molecule has 4 nitrogen and oxygen atoms in total. The van der Waals surface area contributed by atoms with E-state index in [1.54, 1.807) is 7.11 Å². The Morgan fingerprint density at radius 1 is 1.44 bits per heavy atom. The fraction of sp³-hybridized carbons (Fsp3) is 0.500. The molecule has 1 atom stereocenters. The van der Waals surface area contributed by atoms with Gasteiger partial charge in [0.15, 0.2) is 0 Å². The average Bonchev–Trinajstić information content (AvgIpc) is 2.35. The van der Waals surface area contributed by atoms with Gasteiger partial charge in [0.1, 0.15) is 5.75 Å². The molecule has 0 aliphatic carbocycles. The number of carbonyl (C=O) groups excluding carboxylic acids is 1. The van der Waals surface area contributed by atoms with E-state index in [0.717, 1.165) is 23.3 Å². The lowest BCUT2D eigenvalue weighted by Gasteiger charge is -2.12. The smallest absolute Gasteiger partial charge is 0.237 e. The lowest BCUT2D eigenvalue weighted by molar-refractivity contribution is -0.122. The van der Waals surface area contributed by atoms with Gasteiger partial charge in [0.05, 0.1) is 13.2 Å². The molecule has 1 rings (SSSR count). The highest BCUT2D eigenvalue weighted by molar-refractivity contribution is 5.81. The molecule has 0 radical (unpaired) electrons. The van der Waals surface area contributed by atoms with Crippen molar-refractivity contribution in [2.45, 2.75) is 39.3 Å². The zero-order valence-corrected chi connectivity index (χ0v) is 11.3. The van der Waals surface area contributed by atoms with Crippen molar-refractivity contribution in [1.82, 2.24) is 5.32 Å². The monoisotopic (exact) mass is 250 g/mol. The molecule has 0 aromatic heterocycles. The Hall–Kier alpha value is -1.55. The lowest BCUT2D eigenvalue weighted by Crippen LogP contribution is -2.40. The molecular weight excluding hydrogens is 228 g/mol. The normalized spacial score (nSPS) is 12.0. The van der Waals surface area contributed by atoms with Crippen LogP contribution in [-0.4, -0.2) is 19.1 Å². The predicted molar refractivity (Wildman–Crippen MR) is 72.5 cm³/mol. The molecule has 18 heavy (non-hydrogen) atoms. The first-order chi connectivity index (χ1) is 8.56. The molecule has 100 valence electrons. The van der Waals surface area contributed by atoms with Gasteiger partial charge in [-0.2, -0.15) is 0 Å². The van der Waals surface area contributed by atoms with E-state index in [9.17, 15) is 4.79 Å². The fourth-order valence-electron chi connectivity index (χ4n) is 1.81. The van der Waals surface area contributed by atoms with Gasteiger partial charge in [-0.1, -0.05) is 19.4 Å². The predicted octanol–water partition coefficient (Wildman–Crippen LogP) is 1.75. The van der Waals surface area contributed by atoms with Crippen molar-refractivity contribution in [2.24, 2.45) is 5.73 Å². The molecule has 0 heterocycles. The van der Waals surface area contributed by atoms with Crippen LogP contribution in [0.15, 0.2) is 18.2 Å². The van der Waals surface area contributed by atoms with Crippen LogP contribution in [0.25, 0.3) is 0 Å².